The van der Waals surface area contributed by atoms with Crippen molar-refractivity contribution in [2.75, 3.05) is 20.2 Å². The number of aromatic nitrogens is 1. The lowest BCUT2D eigenvalue weighted by atomic mass is 10.1. The summed E-state index contributed by atoms with van der Waals surface area (Å²) in [6.45, 7) is 9.92. The van der Waals surface area contributed by atoms with Gasteiger partial charge in [-0.05, 0) is 61.7 Å². The third-order valence-corrected chi connectivity index (χ3v) is 5.93. The van der Waals surface area contributed by atoms with Crippen LogP contribution in [0.3, 0.4) is 0 Å². The number of carbonyl (C=O) groups is 2. The molecule has 0 aliphatic heterocycles. The summed E-state index contributed by atoms with van der Waals surface area (Å²) in [6, 6.07) is 21.4. The fourth-order valence-corrected chi connectivity index (χ4v) is 4.09. The van der Waals surface area contributed by atoms with Crippen molar-refractivity contribution < 1.29 is 14.3 Å². The van der Waals surface area contributed by atoms with Crippen molar-refractivity contribution in [3.8, 4) is 5.75 Å². The molecule has 0 saturated carbocycles. The van der Waals surface area contributed by atoms with Crippen LogP contribution < -0.4 is 4.74 Å². The van der Waals surface area contributed by atoms with Crippen LogP contribution in [-0.2, 0) is 17.9 Å². The van der Waals surface area contributed by atoms with Crippen molar-refractivity contribution in [1.29, 1.82) is 0 Å². The molecule has 0 atom stereocenters. The lowest BCUT2D eigenvalue weighted by Crippen LogP contribution is -2.46. The zero-order valence-electron chi connectivity index (χ0n) is 21.5. The van der Waals surface area contributed by atoms with Crippen molar-refractivity contribution in [3.63, 3.8) is 0 Å². The Hall–Kier alpha value is -3.54. The highest BCUT2D eigenvalue weighted by Gasteiger charge is 2.25. The number of methoxy groups -OCH3 is 1. The van der Waals surface area contributed by atoms with Crippen LogP contribution in [0.1, 0.15) is 49.3 Å². The van der Waals surface area contributed by atoms with Gasteiger partial charge in [0.05, 0.1) is 13.7 Å². The Morgan fingerprint density at radius 3 is 2.20 bits per heavy atom. The maximum absolute atomic E-state index is 13.5. The highest BCUT2D eigenvalue weighted by Crippen LogP contribution is 2.16. The molecule has 0 saturated heterocycles. The van der Waals surface area contributed by atoms with Crippen LogP contribution in [0.4, 0.5) is 0 Å². The number of hydrogen-bond donors (Lipinski definition) is 0. The van der Waals surface area contributed by atoms with Crippen molar-refractivity contribution >= 4 is 11.8 Å². The Kier molecular flexibility index (Phi) is 9.12. The molecule has 186 valence electrons. The number of amides is 2. The monoisotopic (exact) mass is 475 g/mol. The van der Waals surface area contributed by atoms with Crippen molar-refractivity contribution in [1.82, 2.24) is 14.4 Å². The molecule has 3 rings (SSSR count). The first-order valence-corrected chi connectivity index (χ1v) is 12.2. The molecular formula is C29H37N3O3. The second kappa shape index (κ2) is 12.2. The summed E-state index contributed by atoms with van der Waals surface area (Å²) in [5, 5.41) is 0. The molecule has 6 heteroatoms. The quantitative estimate of drug-likeness (QED) is 0.389. The minimum Gasteiger partial charge on any atom is -0.497 e. The van der Waals surface area contributed by atoms with Gasteiger partial charge in [0.25, 0.3) is 5.91 Å². The first-order valence-electron chi connectivity index (χ1n) is 12.2. The van der Waals surface area contributed by atoms with Gasteiger partial charge < -0.3 is 19.1 Å². The number of hydrogen-bond acceptors (Lipinski definition) is 3. The smallest absolute Gasteiger partial charge is 0.254 e. The molecule has 1 heterocycles. The Balaban J connectivity index is 1.76. The number of rotatable bonds is 11. The third kappa shape index (κ3) is 7.22. The van der Waals surface area contributed by atoms with E-state index in [-0.39, 0.29) is 30.3 Å². The predicted octanol–water partition coefficient (Wildman–Crippen LogP) is 5.08. The van der Waals surface area contributed by atoms with Gasteiger partial charge in [0, 0.05) is 36.6 Å². The Bertz CT molecular complexity index is 1090. The maximum Gasteiger partial charge on any atom is 0.254 e. The van der Waals surface area contributed by atoms with Crippen molar-refractivity contribution in [2.24, 2.45) is 5.92 Å². The minimum atomic E-state index is -0.147. The van der Waals surface area contributed by atoms with Crippen LogP contribution in [-0.4, -0.2) is 52.4 Å². The molecule has 0 bridgehead atoms. The van der Waals surface area contributed by atoms with Gasteiger partial charge in [-0.2, -0.15) is 0 Å². The molecule has 6 nitrogen and oxygen atoms in total. The van der Waals surface area contributed by atoms with E-state index in [9.17, 15) is 9.59 Å². The zero-order chi connectivity index (χ0) is 25.4. The van der Waals surface area contributed by atoms with E-state index in [0.717, 1.165) is 12.2 Å². The maximum atomic E-state index is 13.5. The molecule has 2 aromatic carbocycles. The normalized spacial score (nSPS) is 11.1. The topological polar surface area (TPSA) is 54.8 Å². The second-order valence-electron chi connectivity index (χ2n) is 9.54. The summed E-state index contributed by atoms with van der Waals surface area (Å²) in [5.74, 6) is 0.721. The van der Waals surface area contributed by atoms with Gasteiger partial charge in [0.1, 0.15) is 12.3 Å². The molecule has 1 aromatic heterocycles. The van der Waals surface area contributed by atoms with Gasteiger partial charge >= 0.3 is 0 Å². The molecule has 0 radical (unpaired) electrons. The van der Waals surface area contributed by atoms with E-state index in [1.54, 1.807) is 36.3 Å². The van der Waals surface area contributed by atoms with Gasteiger partial charge in [0.15, 0.2) is 0 Å². The summed E-state index contributed by atoms with van der Waals surface area (Å²) in [6.07, 6.45) is 2.05. The highest BCUT2D eigenvalue weighted by atomic mass is 16.5. The van der Waals surface area contributed by atoms with E-state index in [0.29, 0.717) is 24.4 Å². The van der Waals surface area contributed by atoms with E-state index < -0.39 is 0 Å². The standard InChI is InChI=1S/C29H37N3O3/c1-22(2)18-31(29(34)25-13-15-27(35-5)16-14-25)21-28(33)32(23(3)4)20-26-12-9-17-30(26)19-24-10-7-6-8-11-24/h6-17,22-23H,18-21H2,1-5H3. The average molecular weight is 476 g/mol. The SMILES string of the molecule is COc1ccc(C(=O)N(CC(=O)N(Cc2cccn2Cc2ccccc2)C(C)C)CC(C)C)cc1. The van der Waals surface area contributed by atoms with Crippen LogP contribution in [0.5, 0.6) is 5.75 Å². The van der Waals surface area contributed by atoms with E-state index in [4.69, 9.17) is 4.74 Å². The van der Waals surface area contributed by atoms with Crippen molar-refractivity contribution in [2.45, 2.75) is 46.8 Å². The predicted molar refractivity (Wildman–Crippen MR) is 139 cm³/mol. The molecule has 2 amide bonds. The molecule has 3 aromatic rings. The number of benzene rings is 2. The van der Waals surface area contributed by atoms with Gasteiger partial charge in [-0.1, -0.05) is 44.2 Å². The Morgan fingerprint density at radius 1 is 0.914 bits per heavy atom. The number of ether oxygens (including phenoxy) is 1. The van der Waals surface area contributed by atoms with E-state index in [1.807, 2.05) is 49.2 Å². The molecule has 0 spiro atoms. The van der Waals surface area contributed by atoms with E-state index in [1.165, 1.54) is 5.56 Å². The summed E-state index contributed by atoms with van der Waals surface area (Å²) >= 11 is 0. The van der Waals surface area contributed by atoms with E-state index >= 15 is 0 Å². The van der Waals surface area contributed by atoms with Crippen LogP contribution in [0.25, 0.3) is 0 Å². The summed E-state index contributed by atoms with van der Waals surface area (Å²) in [5.41, 5.74) is 2.82. The first-order chi connectivity index (χ1) is 16.8. The Labute approximate surface area is 209 Å². The second-order valence-corrected chi connectivity index (χ2v) is 9.54. The summed E-state index contributed by atoms with van der Waals surface area (Å²) in [4.78, 5) is 30.3. The minimum absolute atomic E-state index is 0.000404. The molecule has 0 N–H and O–H groups in total. The lowest BCUT2D eigenvalue weighted by molar-refractivity contribution is -0.134. The summed E-state index contributed by atoms with van der Waals surface area (Å²) in [7, 11) is 1.59. The molecular weight excluding hydrogens is 438 g/mol. The van der Waals surface area contributed by atoms with Gasteiger partial charge in [0.2, 0.25) is 5.91 Å². The number of nitrogens with zero attached hydrogens (tertiary/aromatic N) is 3. The van der Waals surface area contributed by atoms with Crippen LogP contribution in [0.15, 0.2) is 72.9 Å². The highest BCUT2D eigenvalue weighted by molar-refractivity contribution is 5.96. The molecule has 0 aliphatic rings. The van der Waals surface area contributed by atoms with Crippen LogP contribution >= 0.6 is 0 Å². The third-order valence-electron chi connectivity index (χ3n) is 5.93. The van der Waals surface area contributed by atoms with Gasteiger partial charge in [-0.25, -0.2) is 0 Å². The largest absolute Gasteiger partial charge is 0.497 e. The van der Waals surface area contributed by atoms with Crippen LogP contribution in [0, 0.1) is 5.92 Å². The van der Waals surface area contributed by atoms with Crippen LogP contribution in [0.2, 0.25) is 0 Å². The lowest BCUT2D eigenvalue weighted by Gasteiger charge is -2.31. The van der Waals surface area contributed by atoms with Gasteiger partial charge in [-0.15, -0.1) is 0 Å². The van der Waals surface area contributed by atoms with E-state index in [2.05, 4.69) is 36.6 Å². The fraction of sp³-hybridized carbons (Fsp3) is 0.379. The van der Waals surface area contributed by atoms with Crippen molar-refractivity contribution in [3.05, 3.63) is 89.7 Å². The van der Waals surface area contributed by atoms with Gasteiger partial charge in [-0.3, -0.25) is 9.59 Å². The molecule has 0 unspecified atom stereocenters. The summed E-state index contributed by atoms with van der Waals surface area (Å²) < 4.78 is 7.38. The molecule has 35 heavy (non-hydrogen) atoms. The average Bonchev–Trinajstić information content (AvgIpc) is 3.28. The first kappa shape index (κ1) is 26.1. The number of carbonyl (C=O) groups excluding carboxylic acids is 2. The Morgan fingerprint density at radius 2 is 1.60 bits per heavy atom. The zero-order valence-corrected chi connectivity index (χ0v) is 21.5. The molecule has 0 aliphatic carbocycles. The fourth-order valence-electron chi connectivity index (χ4n) is 4.09. The molecule has 0 fully saturated rings.